The van der Waals surface area contributed by atoms with Crippen LogP contribution in [0.2, 0.25) is 0 Å². The van der Waals surface area contributed by atoms with Crippen LogP contribution >= 0.6 is 11.6 Å². The molecule has 0 amide bonds. The van der Waals surface area contributed by atoms with Crippen LogP contribution in [-0.4, -0.2) is 9.55 Å². The lowest BCUT2D eigenvalue weighted by molar-refractivity contribution is 0.328. The predicted octanol–water partition coefficient (Wildman–Crippen LogP) is 4.90. The molecule has 0 aliphatic heterocycles. The molecule has 1 aromatic carbocycles. The van der Waals surface area contributed by atoms with Crippen LogP contribution < -0.4 is 0 Å². The first-order valence-corrected chi connectivity index (χ1v) is 7.38. The standard InChI is InChI=1S/C15H17ClF2N2/c1-9(16)14-19-13-11(18)7-10(17)8-12(13)20(14)15(2)5-3-4-6-15/h7-9H,3-6H2,1-2H3. The molecule has 3 rings (SSSR count). The van der Waals surface area contributed by atoms with Gasteiger partial charge >= 0.3 is 0 Å². The molecule has 108 valence electrons. The summed E-state index contributed by atoms with van der Waals surface area (Å²) in [6.45, 7) is 3.93. The van der Waals surface area contributed by atoms with Crippen molar-refractivity contribution < 1.29 is 8.78 Å². The zero-order valence-electron chi connectivity index (χ0n) is 11.6. The van der Waals surface area contributed by atoms with Gasteiger partial charge in [0.2, 0.25) is 0 Å². The first-order valence-electron chi connectivity index (χ1n) is 6.94. The Kier molecular flexibility index (Phi) is 3.24. The van der Waals surface area contributed by atoms with Gasteiger partial charge in [0.1, 0.15) is 17.2 Å². The Bertz CT molecular complexity index is 657. The van der Waals surface area contributed by atoms with E-state index in [9.17, 15) is 8.78 Å². The molecule has 1 atom stereocenters. The first-order chi connectivity index (χ1) is 9.42. The maximum absolute atomic E-state index is 14.0. The van der Waals surface area contributed by atoms with Crippen molar-refractivity contribution in [2.24, 2.45) is 0 Å². The van der Waals surface area contributed by atoms with Gasteiger partial charge in [0, 0.05) is 11.6 Å². The minimum atomic E-state index is -0.626. The minimum absolute atomic E-state index is 0.159. The van der Waals surface area contributed by atoms with E-state index in [-0.39, 0.29) is 16.4 Å². The molecule has 1 heterocycles. The van der Waals surface area contributed by atoms with Crippen LogP contribution in [0.3, 0.4) is 0 Å². The molecule has 1 unspecified atom stereocenters. The number of imidazole rings is 1. The average molecular weight is 299 g/mol. The van der Waals surface area contributed by atoms with E-state index in [1.807, 2.05) is 11.5 Å². The van der Waals surface area contributed by atoms with Crippen molar-refractivity contribution in [1.29, 1.82) is 0 Å². The lowest BCUT2D eigenvalue weighted by atomic mass is 9.99. The lowest BCUT2D eigenvalue weighted by Crippen LogP contribution is -2.28. The summed E-state index contributed by atoms with van der Waals surface area (Å²) in [6.07, 6.45) is 4.19. The fourth-order valence-electron chi connectivity index (χ4n) is 3.32. The van der Waals surface area contributed by atoms with Crippen molar-refractivity contribution in [2.75, 3.05) is 0 Å². The van der Waals surface area contributed by atoms with Crippen LogP contribution in [0.25, 0.3) is 11.0 Å². The van der Waals surface area contributed by atoms with Gasteiger partial charge in [-0.15, -0.1) is 11.6 Å². The highest BCUT2D eigenvalue weighted by molar-refractivity contribution is 6.20. The summed E-state index contributed by atoms with van der Waals surface area (Å²) in [7, 11) is 0. The molecule has 2 aromatic rings. The number of benzene rings is 1. The fourth-order valence-corrected chi connectivity index (χ4v) is 3.46. The zero-order valence-corrected chi connectivity index (χ0v) is 12.3. The summed E-state index contributed by atoms with van der Waals surface area (Å²) in [5.41, 5.74) is 0.560. The van der Waals surface area contributed by atoms with Crippen molar-refractivity contribution >= 4 is 22.6 Å². The van der Waals surface area contributed by atoms with Gasteiger partial charge in [0.15, 0.2) is 5.82 Å². The quantitative estimate of drug-likeness (QED) is 0.721. The van der Waals surface area contributed by atoms with Crippen molar-refractivity contribution in [2.45, 2.75) is 50.4 Å². The number of alkyl halides is 1. The Balaban J connectivity index is 2.34. The average Bonchev–Trinajstić information content (AvgIpc) is 2.93. The van der Waals surface area contributed by atoms with Crippen LogP contribution in [0.4, 0.5) is 8.78 Å². The summed E-state index contributed by atoms with van der Waals surface area (Å²) in [6, 6.07) is 2.23. The molecule has 0 spiro atoms. The molecular weight excluding hydrogens is 282 g/mol. The van der Waals surface area contributed by atoms with Gasteiger partial charge in [-0.1, -0.05) is 12.8 Å². The Morgan fingerprint density at radius 3 is 2.55 bits per heavy atom. The van der Waals surface area contributed by atoms with E-state index < -0.39 is 11.6 Å². The number of hydrogen-bond donors (Lipinski definition) is 0. The summed E-state index contributed by atoms with van der Waals surface area (Å²) in [5, 5.41) is -0.345. The summed E-state index contributed by atoms with van der Waals surface area (Å²) < 4.78 is 29.5. The van der Waals surface area contributed by atoms with Crippen LogP contribution in [0.15, 0.2) is 12.1 Å². The number of nitrogens with zero attached hydrogens (tertiary/aromatic N) is 2. The number of fused-ring (bicyclic) bond motifs is 1. The number of hydrogen-bond acceptors (Lipinski definition) is 1. The van der Waals surface area contributed by atoms with Crippen molar-refractivity contribution in [3.8, 4) is 0 Å². The van der Waals surface area contributed by atoms with Crippen LogP contribution in [0.5, 0.6) is 0 Å². The summed E-state index contributed by atoms with van der Waals surface area (Å²) >= 11 is 6.21. The number of rotatable bonds is 2. The Morgan fingerprint density at radius 1 is 1.30 bits per heavy atom. The van der Waals surface area contributed by atoms with E-state index in [4.69, 9.17) is 11.6 Å². The topological polar surface area (TPSA) is 17.8 Å². The van der Waals surface area contributed by atoms with E-state index in [0.29, 0.717) is 11.3 Å². The van der Waals surface area contributed by atoms with E-state index in [0.717, 1.165) is 31.7 Å². The second-order valence-electron chi connectivity index (χ2n) is 5.88. The van der Waals surface area contributed by atoms with Gasteiger partial charge in [-0.05, 0) is 32.8 Å². The maximum atomic E-state index is 14.0. The molecule has 0 radical (unpaired) electrons. The number of aromatic nitrogens is 2. The monoisotopic (exact) mass is 298 g/mol. The third-order valence-corrected chi connectivity index (χ3v) is 4.48. The molecule has 0 saturated heterocycles. The molecular formula is C15H17ClF2N2. The molecule has 1 fully saturated rings. The highest BCUT2D eigenvalue weighted by atomic mass is 35.5. The SMILES string of the molecule is CC(Cl)c1nc2c(F)cc(F)cc2n1C1(C)CCCC1. The van der Waals surface area contributed by atoms with E-state index in [1.165, 1.54) is 6.07 Å². The molecule has 1 saturated carbocycles. The largest absolute Gasteiger partial charge is 0.321 e. The molecule has 0 N–H and O–H groups in total. The van der Waals surface area contributed by atoms with Crippen LogP contribution in [0.1, 0.15) is 50.7 Å². The van der Waals surface area contributed by atoms with Crippen molar-refractivity contribution in [1.82, 2.24) is 9.55 Å². The molecule has 1 aliphatic carbocycles. The Hall–Kier alpha value is -1.16. The Morgan fingerprint density at radius 2 is 1.95 bits per heavy atom. The third-order valence-electron chi connectivity index (χ3n) is 4.28. The summed E-state index contributed by atoms with van der Waals surface area (Å²) in [5.74, 6) is -0.582. The number of halogens is 3. The van der Waals surface area contributed by atoms with Gasteiger partial charge in [0.25, 0.3) is 0 Å². The van der Waals surface area contributed by atoms with Gasteiger partial charge in [-0.25, -0.2) is 13.8 Å². The molecule has 2 nitrogen and oxygen atoms in total. The third kappa shape index (κ3) is 2.01. The molecule has 0 bridgehead atoms. The van der Waals surface area contributed by atoms with Gasteiger partial charge in [-0.2, -0.15) is 0 Å². The highest BCUT2D eigenvalue weighted by Gasteiger charge is 2.35. The minimum Gasteiger partial charge on any atom is -0.321 e. The predicted molar refractivity (Wildman–Crippen MR) is 76.0 cm³/mol. The van der Waals surface area contributed by atoms with Crippen molar-refractivity contribution in [3.05, 3.63) is 29.6 Å². The molecule has 20 heavy (non-hydrogen) atoms. The summed E-state index contributed by atoms with van der Waals surface area (Å²) in [4.78, 5) is 4.33. The highest BCUT2D eigenvalue weighted by Crippen LogP contribution is 2.41. The molecule has 5 heteroatoms. The van der Waals surface area contributed by atoms with E-state index in [1.54, 1.807) is 0 Å². The normalized spacial score (nSPS) is 19.6. The van der Waals surface area contributed by atoms with E-state index in [2.05, 4.69) is 11.9 Å². The Labute approximate surface area is 121 Å². The van der Waals surface area contributed by atoms with Gasteiger partial charge in [-0.3, -0.25) is 0 Å². The molecule has 1 aliphatic rings. The zero-order chi connectivity index (χ0) is 14.5. The van der Waals surface area contributed by atoms with Crippen LogP contribution in [0, 0.1) is 11.6 Å². The second kappa shape index (κ2) is 4.69. The molecule has 1 aromatic heterocycles. The van der Waals surface area contributed by atoms with Crippen LogP contribution in [-0.2, 0) is 5.54 Å². The lowest BCUT2D eigenvalue weighted by Gasteiger charge is -2.29. The van der Waals surface area contributed by atoms with Gasteiger partial charge in [0.05, 0.1) is 10.9 Å². The van der Waals surface area contributed by atoms with Gasteiger partial charge < -0.3 is 4.57 Å². The second-order valence-corrected chi connectivity index (χ2v) is 6.54. The smallest absolute Gasteiger partial charge is 0.153 e. The maximum Gasteiger partial charge on any atom is 0.153 e. The van der Waals surface area contributed by atoms with E-state index >= 15 is 0 Å². The fraction of sp³-hybridized carbons (Fsp3) is 0.533. The van der Waals surface area contributed by atoms with Crippen molar-refractivity contribution in [3.63, 3.8) is 0 Å². The first kappa shape index (κ1) is 13.8.